The first kappa shape index (κ1) is 34.3. The average Bonchev–Trinajstić information content (AvgIpc) is 3.86. The molecule has 1 aliphatic carbocycles. The molecular formula is C57H35N3S. The van der Waals surface area contributed by atoms with E-state index in [1.165, 1.54) is 53.9 Å². The van der Waals surface area contributed by atoms with Crippen LogP contribution >= 0.6 is 11.8 Å². The molecule has 0 atom stereocenters. The van der Waals surface area contributed by atoms with Gasteiger partial charge in [-0.1, -0.05) is 182 Å². The van der Waals surface area contributed by atoms with E-state index in [1.54, 1.807) is 0 Å². The minimum atomic E-state index is -0.436. The molecule has 0 bridgehead atoms. The molecule has 0 saturated carbocycles. The van der Waals surface area contributed by atoms with Crippen LogP contribution in [0.25, 0.3) is 83.3 Å². The summed E-state index contributed by atoms with van der Waals surface area (Å²) in [6.45, 7) is 0. The number of benzene rings is 9. The Morgan fingerprint density at radius 1 is 0.393 bits per heavy atom. The van der Waals surface area contributed by atoms with Gasteiger partial charge in [0.05, 0.1) is 27.7 Å². The molecule has 61 heavy (non-hydrogen) atoms. The van der Waals surface area contributed by atoms with Gasteiger partial charge in [0.1, 0.15) is 5.82 Å². The minimum Gasteiger partial charge on any atom is -0.292 e. The predicted molar refractivity (Wildman–Crippen MR) is 252 cm³/mol. The lowest BCUT2D eigenvalue weighted by molar-refractivity contribution is 0.723. The van der Waals surface area contributed by atoms with Gasteiger partial charge < -0.3 is 0 Å². The first-order valence-corrected chi connectivity index (χ1v) is 21.6. The van der Waals surface area contributed by atoms with Crippen molar-refractivity contribution >= 4 is 44.5 Å². The highest BCUT2D eigenvalue weighted by Crippen LogP contribution is 2.63. The van der Waals surface area contributed by atoms with Crippen molar-refractivity contribution in [3.63, 3.8) is 0 Å². The Hall–Kier alpha value is -7.53. The largest absolute Gasteiger partial charge is 0.292 e. The van der Waals surface area contributed by atoms with E-state index >= 15 is 0 Å². The van der Waals surface area contributed by atoms with Crippen LogP contribution in [0.2, 0.25) is 0 Å². The van der Waals surface area contributed by atoms with Crippen molar-refractivity contribution in [1.29, 1.82) is 0 Å². The molecule has 9 aromatic carbocycles. The Kier molecular flexibility index (Phi) is 7.45. The van der Waals surface area contributed by atoms with Crippen LogP contribution in [0.4, 0.5) is 0 Å². The molecule has 2 aromatic heterocycles. The maximum atomic E-state index is 5.42. The second-order valence-electron chi connectivity index (χ2n) is 16.0. The Morgan fingerprint density at radius 3 is 1.70 bits per heavy atom. The number of nitrogens with zero attached hydrogens (tertiary/aromatic N) is 3. The average molecular weight is 794 g/mol. The summed E-state index contributed by atoms with van der Waals surface area (Å²) in [4.78, 5) is 13.1. The second-order valence-corrected chi connectivity index (χ2v) is 17.1. The van der Waals surface area contributed by atoms with Crippen LogP contribution in [0.3, 0.4) is 0 Å². The zero-order chi connectivity index (χ0) is 40.1. The molecule has 11 aromatic rings. The van der Waals surface area contributed by atoms with Crippen LogP contribution in [0.15, 0.2) is 222 Å². The number of hydrogen-bond acceptors (Lipinski definition) is 3. The first-order valence-electron chi connectivity index (χ1n) is 20.8. The van der Waals surface area contributed by atoms with Gasteiger partial charge in [-0.3, -0.25) is 4.57 Å². The molecule has 284 valence electrons. The molecule has 1 aliphatic heterocycles. The van der Waals surface area contributed by atoms with Crippen LogP contribution in [-0.2, 0) is 5.41 Å². The van der Waals surface area contributed by atoms with E-state index in [2.05, 4.69) is 211 Å². The third kappa shape index (κ3) is 4.94. The lowest BCUT2D eigenvalue weighted by Gasteiger charge is -2.39. The summed E-state index contributed by atoms with van der Waals surface area (Å²) in [7, 11) is 0. The van der Waals surface area contributed by atoms with Crippen molar-refractivity contribution < 1.29 is 0 Å². The minimum absolute atomic E-state index is 0.436. The molecule has 0 unspecified atom stereocenters. The Bertz CT molecular complexity index is 3500. The summed E-state index contributed by atoms with van der Waals surface area (Å²) >= 11 is 1.88. The van der Waals surface area contributed by atoms with Gasteiger partial charge in [0.25, 0.3) is 0 Å². The highest BCUT2D eigenvalue weighted by Gasteiger charge is 2.50. The molecule has 1 spiro atoms. The zero-order valence-corrected chi connectivity index (χ0v) is 33.8. The van der Waals surface area contributed by atoms with Crippen molar-refractivity contribution in [2.75, 3.05) is 0 Å². The van der Waals surface area contributed by atoms with Gasteiger partial charge in [-0.2, -0.15) is 0 Å². The van der Waals surface area contributed by atoms with Crippen LogP contribution in [0.5, 0.6) is 0 Å². The van der Waals surface area contributed by atoms with E-state index in [1.807, 2.05) is 17.8 Å². The van der Waals surface area contributed by atoms with Crippen molar-refractivity contribution in [3.05, 3.63) is 235 Å². The van der Waals surface area contributed by atoms with E-state index in [-0.39, 0.29) is 0 Å². The van der Waals surface area contributed by atoms with E-state index in [0.29, 0.717) is 0 Å². The Balaban J connectivity index is 0.953. The molecule has 3 nitrogen and oxygen atoms in total. The van der Waals surface area contributed by atoms with Gasteiger partial charge in [0.15, 0.2) is 0 Å². The summed E-state index contributed by atoms with van der Waals surface area (Å²) in [6, 6.07) is 77.1. The normalized spacial score (nSPS) is 13.3. The van der Waals surface area contributed by atoms with E-state index in [4.69, 9.17) is 9.97 Å². The van der Waals surface area contributed by atoms with E-state index in [0.717, 1.165) is 61.4 Å². The van der Waals surface area contributed by atoms with E-state index in [9.17, 15) is 0 Å². The van der Waals surface area contributed by atoms with Gasteiger partial charge in [-0.05, 0) is 87.0 Å². The molecular weight excluding hydrogens is 759 g/mol. The van der Waals surface area contributed by atoms with Gasteiger partial charge in [-0.25, -0.2) is 9.97 Å². The molecule has 3 heterocycles. The number of hydrogen-bond donors (Lipinski definition) is 0. The van der Waals surface area contributed by atoms with Gasteiger partial charge >= 0.3 is 0 Å². The molecule has 0 amide bonds. The summed E-state index contributed by atoms with van der Waals surface area (Å²) in [5, 5.41) is 3.60. The fourth-order valence-electron chi connectivity index (χ4n) is 10.3. The summed E-state index contributed by atoms with van der Waals surface area (Å²) in [6.07, 6.45) is 0. The Morgan fingerprint density at radius 2 is 0.967 bits per heavy atom. The maximum absolute atomic E-state index is 5.42. The van der Waals surface area contributed by atoms with Crippen molar-refractivity contribution in [1.82, 2.24) is 14.5 Å². The zero-order valence-electron chi connectivity index (χ0n) is 33.0. The van der Waals surface area contributed by atoms with Crippen molar-refractivity contribution in [3.8, 4) is 50.6 Å². The SMILES string of the molecule is c1ccc(-n2c(-c3ccc(-c4ccc(-c5nc6ccccc6c6c7c(ccc56)C5(c6ccccc6Sc6ccccc65)c5ccccc5-7)cc4)cc3)nc3ccccc32)cc1. The standard InChI is InChI=1S/C57H35N3S/c1-2-14-40(15-3-1)60-50-23-11-10-22-49(50)59-56(60)39-32-28-37(29-33-39)36-26-30-38(31-27-36)55-43-34-35-47-54(53(43)42-17-5-9-21-48(42)58-55)41-16-4-6-18-44(41)57(47)45-19-7-12-24-51(45)61-52-25-13-8-20-46(52)57/h1-35H. The molecule has 0 saturated heterocycles. The smallest absolute Gasteiger partial charge is 0.145 e. The highest BCUT2D eigenvalue weighted by atomic mass is 32.2. The number of imidazole rings is 1. The number of rotatable bonds is 4. The maximum Gasteiger partial charge on any atom is 0.145 e. The molecule has 0 fully saturated rings. The number of aromatic nitrogens is 3. The molecule has 4 heteroatoms. The number of pyridine rings is 1. The summed E-state index contributed by atoms with van der Waals surface area (Å²) in [5.74, 6) is 0.930. The molecule has 0 N–H and O–H groups in total. The Labute approximate surface area is 357 Å². The lowest BCUT2D eigenvalue weighted by atomic mass is 9.67. The highest BCUT2D eigenvalue weighted by molar-refractivity contribution is 7.99. The monoisotopic (exact) mass is 793 g/mol. The molecule has 0 radical (unpaired) electrons. The topological polar surface area (TPSA) is 30.7 Å². The quantitative estimate of drug-likeness (QED) is 0.166. The summed E-state index contributed by atoms with van der Waals surface area (Å²) < 4.78 is 2.25. The molecule has 2 aliphatic rings. The van der Waals surface area contributed by atoms with Gasteiger partial charge in [0.2, 0.25) is 0 Å². The van der Waals surface area contributed by atoms with Gasteiger partial charge in [-0.15, -0.1) is 0 Å². The summed E-state index contributed by atoms with van der Waals surface area (Å²) in [5.41, 5.74) is 17.2. The fourth-order valence-corrected chi connectivity index (χ4v) is 11.5. The second kappa shape index (κ2) is 13.2. The third-order valence-electron chi connectivity index (χ3n) is 12.9. The molecule has 13 rings (SSSR count). The van der Waals surface area contributed by atoms with Gasteiger partial charge in [0, 0.05) is 42.8 Å². The number of para-hydroxylation sites is 4. The predicted octanol–water partition coefficient (Wildman–Crippen LogP) is 14.6. The van der Waals surface area contributed by atoms with Crippen molar-refractivity contribution in [2.45, 2.75) is 15.2 Å². The number of fused-ring (bicyclic) bond motifs is 14. The van der Waals surface area contributed by atoms with E-state index < -0.39 is 5.41 Å². The first-order chi connectivity index (χ1) is 30.3. The fraction of sp³-hybridized carbons (Fsp3) is 0.0175. The van der Waals surface area contributed by atoms with Crippen LogP contribution in [-0.4, -0.2) is 14.5 Å². The van der Waals surface area contributed by atoms with Crippen molar-refractivity contribution in [2.24, 2.45) is 0 Å². The third-order valence-corrected chi connectivity index (χ3v) is 14.0. The van der Waals surface area contributed by atoms with Crippen LogP contribution < -0.4 is 0 Å². The lowest BCUT2D eigenvalue weighted by Crippen LogP contribution is -2.31. The van der Waals surface area contributed by atoms with Crippen LogP contribution in [0, 0.1) is 0 Å². The van der Waals surface area contributed by atoms with Crippen LogP contribution in [0.1, 0.15) is 22.3 Å².